The second kappa shape index (κ2) is 5.02. The van der Waals surface area contributed by atoms with Crippen molar-refractivity contribution in [2.45, 2.75) is 57.6 Å². The molecule has 1 atom stereocenters. The van der Waals surface area contributed by atoms with Gasteiger partial charge < -0.3 is 10.1 Å². The summed E-state index contributed by atoms with van der Waals surface area (Å²) in [5, 5.41) is 6.44. The van der Waals surface area contributed by atoms with Gasteiger partial charge in [-0.05, 0) is 76.3 Å². The highest BCUT2D eigenvalue weighted by Gasteiger charge is 2.41. The molecule has 1 amide bonds. The van der Waals surface area contributed by atoms with Gasteiger partial charge in [0.15, 0.2) is 0 Å². The van der Waals surface area contributed by atoms with Gasteiger partial charge in [0.2, 0.25) is 0 Å². The van der Waals surface area contributed by atoms with Crippen LogP contribution in [0.25, 0.3) is 0 Å². The molecule has 21 heavy (non-hydrogen) atoms. The van der Waals surface area contributed by atoms with Crippen LogP contribution in [0.3, 0.4) is 0 Å². The Morgan fingerprint density at radius 1 is 1.33 bits per heavy atom. The SMILES string of the molecule is CC(C)(C)OC(=O)Nc1ccc2c(c1)[C@]1(CCC2)CCN1. The third kappa shape index (κ3) is 2.91. The number of hydrogen-bond donors (Lipinski definition) is 2. The minimum atomic E-state index is -0.477. The normalized spacial score (nSPS) is 24.1. The van der Waals surface area contributed by atoms with E-state index in [1.165, 1.54) is 30.4 Å². The van der Waals surface area contributed by atoms with E-state index in [-0.39, 0.29) is 5.54 Å². The Morgan fingerprint density at radius 2 is 2.10 bits per heavy atom. The summed E-state index contributed by atoms with van der Waals surface area (Å²) in [6.07, 6.45) is 4.35. The number of rotatable bonds is 1. The van der Waals surface area contributed by atoms with Crippen LogP contribution in [0.5, 0.6) is 0 Å². The molecule has 1 fully saturated rings. The lowest BCUT2D eigenvalue weighted by molar-refractivity contribution is 0.0636. The molecule has 1 spiro atoms. The molecular weight excluding hydrogens is 264 g/mol. The Labute approximate surface area is 126 Å². The highest BCUT2D eigenvalue weighted by atomic mass is 16.6. The number of carbonyl (C=O) groups is 1. The molecule has 1 aromatic carbocycles. The highest BCUT2D eigenvalue weighted by Crippen LogP contribution is 2.42. The second-order valence-electron chi connectivity index (χ2n) is 7.11. The van der Waals surface area contributed by atoms with Crippen LogP contribution in [0.4, 0.5) is 10.5 Å². The fraction of sp³-hybridized carbons (Fsp3) is 0.588. The van der Waals surface area contributed by atoms with Crippen LogP contribution in [0.15, 0.2) is 18.2 Å². The summed E-state index contributed by atoms with van der Waals surface area (Å²) < 4.78 is 5.31. The first-order valence-electron chi connectivity index (χ1n) is 7.76. The van der Waals surface area contributed by atoms with Crippen LogP contribution in [0.1, 0.15) is 51.2 Å². The van der Waals surface area contributed by atoms with Crippen molar-refractivity contribution in [3.8, 4) is 0 Å². The number of hydrogen-bond acceptors (Lipinski definition) is 3. The predicted molar refractivity (Wildman–Crippen MR) is 83.5 cm³/mol. The lowest BCUT2D eigenvalue weighted by Crippen LogP contribution is -2.55. The summed E-state index contributed by atoms with van der Waals surface area (Å²) in [5.41, 5.74) is 3.25. The quantitative estimate of drug-likeness (QED) is 0.830. The molecule has 1 aromatic rings. The average molecular weight is 288 g/mol. The molecule has 0 saturated carbocycles. The Balaban J connectivity index is 1.79. The maximum atomic E-state index is 11.9. The first-order valence-corrected chi connectivity index (χ1v) is 7.76. The summed E-state index contributed by atoms with van der Waals surface area (Å²) in [4.78, 5) is 11.9. The number of ether oxygens (including phenoxy) is 1. The monoisotopic (exact) mass is 288 g/mol. The number of benzene rings is 1. The van der Waals surface area contributed by atoms with E-state index < -0.39 is 11.7 Å². The summed E-state index contributed by atoms with van der Waals surface area (Å²) >= 11 is 0. The van der Waals surface area contributed by atoms with Crippen LogP contribution < -0.4 is 10.6 Å². The molecule has 0 bridgehead atoms. The van der Waals surface area contributed by atoms with Crippen molar-refractivity contribution >= 4 is 11.8 Å². The van der Waals surface area contributed by atoms with Gasteiger partial charge >= 0.3 is 6.09 Å². The molecule has 2 aliphatic rings. The van der Waals surface area contributed by atoms with Gasteiger partial charge in [0, 0.05) is 11.2 Å². The van der Waals surface area contributed by atoms with Crippen molar-refractivity contribution in [1.82, 2.24) is 5.32 Å². The topological polar surface area (TPSA) is 50.4 Å². The third-order valence-corrected chi connectivity index (χ3v) is 4.34. The zero-order chi connectivity index (χ0) is 15.1. The number of anilines is 1. The molecule has 1 aliphatic carbocycles. The zero-order valence-electron chi connectivity index (χ0n) is 13.1. The Morgan fingerprint density at radius 3 is 2.71 bits per heavy atom. The van der Waals surface area contributed by atoms with Gasteiger partial charge in [-0.3, -0.25) is 5.32 Å². The maximum absolute atomic E-state index is 11.9. The number of aryl methyl sites for hydroxylation is 1. The summed E-state index contributed by atoms with van der Waals surface area (Å²) in [6.45, 7) is 6.69. The van der Waals surface area contributed by atoms with E-state index in [0.29, 0.717) is 0 Å². The summed E-state index contributed by atoms with van der Waals surface area (Å²) in [7, 11) is 0. The minimum absolute atomic E-state index is 0.152. The van der Waals surface area contributed by atoms with Crippen LogP contribution in [0, 0.1) is 0 Å². The lowest BCUT2D eigenvalue weighted by atomic mass is 9.70. The first-order chi connectivity index (χ1) is 9.88. The Bertz CT molecular complexity index is 556. The molecule has 114 valence electrons. The van der Waals surface area contributed by atoms with Crippen molar-refractivity contribution in [3.63, 3.8) is 0 Å². The van der Waals surface area contributed by atoms with Gasteiger partial charge in [0.25, 0.3) is 0 Å². The van der Waals surface area contributed by atoms with Crippen molar-refractivity contribution in [3.05, 3.63) is 29.3 Å². The molecule has 2 N–H and O–H groups in total. The van der Waals surface area contributed by atoms with E-state index in [4.69, 9.17) is 4.74 Å². The molecule has 1 saturated heterocycles. The van der Waals surface area contributed by atoms with Gasteiger partial charge in [0.1, 0.15) is 5.60 Å². The van der Waals surface area contributed by atoms with Crippen LogP contribution in [-0.4, -0.2) is 18.2 Å². The van der Waals surface area contributed by atoms with Crippen molar-refractivity contribution in [2.24, 2.45) is 0 Å². The van der Waals surface area contributed by atoms with Crippen molar-refractivity contribution < 1.29 is 9.53 Å². The molecule has 4 heteroatoms. The van der Waals surface area contributed by atoms with E-state index in [2.05, 4.69) is 22.8 Å². The van der Waals surface area contributed by atoms with E-state index in [9.17, 15) is 4.79 Å². The number of carbonyl (C=O) groups excluding carboxylic acids is 1. The molecule has 0 aromatic heterocycles. The van der Waals surface area contributed by atoms with Crippen LogP contribution >= 0.6 is 0 Å². The number of fused-ring (bicyclic) bond motifs is 2. The van der Waals surface area contributed by atoms with E-state index in [1.54, 1.807) is 0 Å². The van der Waals surface area contributed by atoms with Gasteiger partial charge in [-0.2, -0.15) is 0 Å². The highest BCUT2D eigenvalue weighted by molar-refractivity contribution is 5.85. The van der Waals surface area contributed by atoms with Gasteiger partial charge in [0.05, 0.1) is 0 Å². The van der Waals surface area contributed by atoms with Gasteiger partial charge in [-0.15, -0.1) is 0 Å². The molecule has 1 aliphatic heterocycles. The molecule has 3 rings (SSSR count). The standard InChI is InChI=1S/C17H24N2O2/c1-16(2,3)21-15(20)19-13-7-6-12-5-4-8-17(9-10-18-17)14(12)11-13/h6-7,11,18H,4-5,8-10H2,1-3H3,(H,19,20)/t17-/m0/s1. The lowest BCUT2D eigenvalue weighted by Gasteiger charge is -2.47. The third-order valence-electron chi connectivity index (χ3n) is 4.34. The van der Waals surface area contributed by atoms with E-state index in [0.717, 1.165) is 18.7 Å². The molecular formula is C17H24N2O2. The van der Waals surface area contributed by atoms with Crippen LogP contribution in [-0.2, 0) is 16.7 Å². The molecule has 0 radical (unpaired) electrons. The van der Waals surface area contributed by atoms with Crippen molar-refractivity contribution in [2.75, 3.05) is 11.9 Å². The summed E-state index contributed by atoms with van der Waals surface area (Å²) in [6, 6.07) is 6.23. The van der Waals surface area contributed by atoms with Crippen LogP contribution in [0.2, 0.25) is 0 Å². The minimum Gasteiger partial charge on any atom is -0.444 e. The van der Waals surface area contributed by atoms with E-state index in [1.807, 2.05) is 26.8 Å². The fourth-order valence-corrected chi connectivity index (χ4v) is 3.32. The second-order valence-corrected chi connectivity index (χ2v) is 7.11. The zero-order valence-corrected chi connectivity index (χ0v) is 13.1. The predicted octanol–water partition coefficient (Wildman–Crippen LogP) is 3.56. The molecule has 4 nitrogen and oxygen atoms in total. The number of nitrogens with one attached hydrogen (secondary N) is 2. The largest absolute Gasteiger partial charge is 0.444 e. The summed E-state index contributed by atoms with van der Waals surface area (Å²) in [5.74, 6) is 0. The van der Waals surface area contributed by atoms with Gasteiger partial charge in [-0.25, -0.2) is 4.79 Å². The van der Waals surface area contributed by atoms with E-state index >= 15 is 0 Å². The Hall–Kier alpha value is -1.55. The molecule has 0 unspecified atom stereocenters. The van der Waals surface area contributed by atoms with Crippen molar-refractivity contribution in [1.29, 1.82) is 0 Å². The first kappa shape index (κ1) is 14.4. The van der Waals surface area contributed by atoms with Gasteiger partial charge in [-0.1, -0.05) is 6.07 Å². The number of amides is 1. The smallest absolute Gasteiger partial charge is 0.412 e. The fourth-order valence-electron chi connectivity index (χ4n) is 3.32. The Kier molecular flexibility index (Phi) is 3.44. The maximum Gasteiger partial charge on any atom is 0.412 e. The average Bonchev–Trinajstić information content (AvgIpc) is 2.33. The molecule has 1 heterocycles.